The van der Waals surface area contributed by atoms with Gasteiger partial charge in [-0.2, -0.15) is 0 Å². The molecule has 4 nitrogen and oxygen atoms in total. The van der Waals surface area contributed by atoms with Crippen LogP contribution >= 0.6 is 23.7 Å². The van der Waals surface area contributed by atoms with E-state index < -0.39 is 0 Å². The van der Waals surface area contributed by atoms with Crippen LogP contribution in [-0.4, -0.2) is 34.5 Å². The van der Waals surface area contributed by atoms with E-state index in [1.54, 1.807) is 11.3 Å². The highest BCUT2D eigenvalue weighted by Gasteiger charge is 2.24. The van der Waals surface area contributed by atoms with Crippen molar-refractivity contribution in [1.29, 1.82) is 0 Å². The lowest BCUT2D eigenvalue weighted by Crippen LogP contribution is -2.45. The molecule has 0 radical (unpaired) electrons. The van der Waals surface area contributed by atoms with Crippen molar-refractivity contribution >= 4 is 23.7 Å². The Morgan fingerprint density at radius 2 is 2.04 bits per heavy atom. The second-order valence-corrected chi connectivity index (χ2v) is 6.84. The second kappa shape index (κ2) is 8.54. The summed E-state index contributed by atoms with van der Waals surface area (Å²) in [5.41, 5.74) is 3.61. The van der Waals surface area contributed by atoms with Crippen LogP contribution in [-0.2, 0) is 6.54 Å². The third kappa shape index (κ3) is 4.25. The lowest BCUT2D eigenvalue weighted by atomic mass is 10.1. The van der Waals surface area contributed by atoms with Crippen LogP contribution in [0.5, 0.6) is 0 Å². The van der Waals surface area contributed by atoms with Crippen LogP contribution in [0.15, 0.2) is 60.2 Å². The molecule has 0 aliphatic carbocycles. The average molecular weight is 373 g/mol. The number of piperazine rings is 1. The van der Waals surface area contributed by atoms with Crippen molar-refractivity contribution in [2.24, 2.45) is 0 Å². The average Bonchev–Trinajstić information content (AvgIpc) is 3.12. The molecule has 1 aromatic carbocycles. The van der Waals surface area contributed by atoms with Gasteiger partial charge in [-0.25, -0.2) is 4.98 Å². The summed E-state index contributed by atoms with van der Waals surface area (Å²) in [5, 5.41) is 6.77. The minimum atomic E-state index is 0. The monoisotopic (exact) mass is 372 g/mol. The Morgan fingerprint density at radius 3 is 2.84 bits per heavy atom. The highest BCUT2D eigenvalue weighted by atomic mass is 35.5. The first-order valence-electron chi connectivity index (χ1n) is 8.25. The summed E-state index contributed by atoms with van der Waals surface area (Å²) < 4.78 is 0. The Bertz CT molecular complexity index is 778. The van der Waals surface area contributed by atoms with Gasteiger partial charge in [-0.05, 0) is 11.6 Å². The van der Waals surface area contributed by atoms with E-state index in [2.05, 4.69) is 50.9 Å². The van der Waals surface area contributed by atoms with Crippen molar-refractivity contribution < 1.29 is 0 Å². The number of benzene rings is 1. The second-order valence-electron chi connectivity index (χ2n) is 5.99. The summed E-state index contributed by atoms with van der Waals surface area (Å²) in [6.07, 6.45) is 3.80. The highest BCUT2D eigenvalue weighted by molar-refractivity contribution is 7.13. The van der Waals surface area contributed by atoms with Gasteiger partial charge in [0.05, 0.1) is 5.69 Å². The van der Waals surface area contributed by atoms with Crippen molar-refractivity contribution in [2.75, 3.05) is 19.6 Å². The predicted octanol–water partition coefficient (Wildman–Crippen LogP) is 3.77. The largest absolute Gasteiger partial charge is 0.314 e. The van der Waals surface area contributed by atoms with E-state index in [0.29, 0.717) is 6.04 Å². The van der Waals surface area contributed by atoms with Gasteiger partial charge in [0.15, 0.2) is 0 Å². The number of thiazole rings is 1. The Morgan fingerprint density at radius 1 is 1.16 bits per heavy atom. The van der Waals surface area contributed by atoms with Gasteiger partial charge in [0.1, 0.15) is 5.01 Å². The molecular weight excluding hydrogens is 352 g/mol. The van der Waals surface area contributed by atoms with E-state index in [4.69, 9.17) is 4.98 Å². The molecule has 3 aromatic rings. The molecule has 4 rings (SSSR count). The molecule has 1 atom stereocenters. The Kier molecular flexibility index (Phi) is 6.15. The molecule has 130 valence electrons. The Labute approximate surface area is 158 Å². The maximum atomic E-state index is 4.84. The van der Waals surface area contributed by atoms with Crippen molar-refractivity contribution in [2.45, 2.75) is 12.6 Å². The van der Waals surface area contributed by atoms with Gasteiger partial charge in [0.2, 0.25) is 0 Å². The van der Waals surface area contributed by atoms with Crippen LogP contribution < -0.4 is 5.32 Å². The zero-order valence-corrected chi connectivity index (χ0v) is 15.5. The molecule has 0 saturated carbocycles. The van der Waals surface area contributed by atoms with Gasteiger partial charge in [0.25, 0.3) is 0 Å². The van der Waals surface area contributed by atoms with E-state index in [0.717, 1.165) is 36.9 Å². The molecule has 0 amide bonds. The van der Waals surface area contributed by atoms with Crippen LogP contribution in [0.1, 0.15) is 17.3 Å². The maximum Gasteiger partial charge on any atom is 0.123 e. The van der Waals surface area contributed by atoms with Crippen LogP contribution in [0, 0.1) is 0 Å². The molecule has 3 heterocycles. The first-order chi connectivity index (χ1) is 11.9. The van der Waals surface area contributed by atoms with Crippen molar-refractivity contribution in [3.8, 4) is 10.6 Å². The fraction of sp³-hybridized carbons (Fsp3) is 0.263. The minimum Gasteiger partial charge on any atom is -0.314 e. The number of halogens is 1. The number of nitrogens with one attached hydrogen (secondary N) is 1. The molecule has 6 heteroatoms. The van der Waals surface area contributed by atoms with E-state index in [-0.39, 0.29) is 12.4 Å². The summed E-state index contributed by atoms with van der Waals surface area (Å²) in [6, 6.07) is 14.9. The van der Waals surface area contributed by atoms with E-state index >= 15 is 0 Å². The molecule has 1 aliphatic rings. The molecule has 1 unspecified atom stereocenters. The summed E-state index contributed by atoms with van der Waals surface area (Å²) in [4.78, 5) is 11.6. The molecule has 25 heavy (non-hydrogen) atoms. The number of rotatable bonds is 4. The number of hydrogen-bond acceptors (Lipinski definition) is 5. The third-order valence-corrected chi connectivity index (χ3v) is 5.30. The SMILES string of the molecule is Cl.c1ccc(-c2nc(CN3CCNCC3c3cccnc3)cs2)cc1. The fourth-order valence-electron chi connectivity index (χ4n) is 3.14. The van der Waals surface area contributed by atoms with E-state index in [1.165, 1.54) is 11.1 Å². The zero-order valence-electron chi connectivity index (χ0n) is 13.8. The van der Waals surface area contributed by atoms with Crippen LogP contribution in [0.4, 0.5) is 0 Å². The highest BCUT2D eigenvalue weighted by Crippen LogP contribution is 2.27. The standard InChI is InChI=1S/C19H20N4S.ClH/c1-2-5-15(6-3-1)19-22-17(14-24-19)13-23-10-9-21-12-18(23)16-7-4-8-20-11-16;/h1-8,11,14,18,21H,9-10,12-13H2;1H. The predicted molar refractivity (Wildman–Crippen MR) is 105 cm³/mol. The molecule has 2 aromatic heterocycles. The van der Waals surface area contributed by atoms with Crippen LogP contribution in [0.25, 0.3) is 10.6 Å². The molecule has 1 fully saturated rings. The Balaban J connectivity index is 0.00000182. The van der Waals surface area contributed by atoms with E-state index in [9.17, 15) is 0 Å². The smallest absolute Gasteiger partial charge is 0.123 e. The van der Waals surface area contributed by atoms with Gasteiger partial charge in [-0.15, -0.1) is 23.7 Å². The maximum absolute atomic E-state index is 4.84. The lowest BCUT2D eigenvalue weighted by Gasteiger charge is -2.35. The number of pyridine rings is 1. The van der Waals surface area contributed by atoms with Crippen molar-refractivity contribution in [1.82, 2.24) is 20.2 Å². The van der Waals surface area contributed by atoms with Crippen molar-refractivity contribution in [3.05, 3.63) is 71.5 Å². The third-order valence-electron chi connectivity index (χ3n) is 4.36. The summed E-state index contributed by atoms with van der Waals surface area (Å²) in [7, 11) is 0. The van der Waals surface area contributed by atoms with Gasteiger partial charge >= 0.3 is 0 Å². The van der Waals surface area contributed by atoms with Crippen LogP contribution in [0.2, 0.25) is 0 Å². The summed E-state index contributed by atoms with van der Waals surface area (Å²) in [6.45, 7) is 3.89. The number of hydrogen-bond donors (Lipinski definition) is 1. The molecule has 1 saturated heterocycles. The molecule has 1 aliphatic heterocycles. The van der Waals surface area contributed by atoms with Crippen molar-refractivity contribution in [3.63, 3.8) is 0 Å². The normalized spacial score (nSPS) is 17.8. The number of aromatic nitrogens is 2. The minimum absolute atomic E-state index is 0. The Hall–Kier alpha value is -1.79. The van der Waals surface area contributed by atoms with Gasteiger partial charge in [0, 0.05) is 55.6 Å². The lowest BCUT2D eigenvalue weighted by molar-refractivity contribution is 0.152. The number of nitrogens with zero attached hydrogens (tertiary/aromatic N) is 3. The van der Waals surface area contributed by atoms with Gasteiger partial charge in [-0.3, -0.25) is 9.88 Å². The topological polar surface area (TPSA) is 41.1 Å². The molecular formula is C19H21ClN4S. The van der Waals surface area contributed by atoms with Gasteiger partial charge in [-0.1, -0.05) is 36.4 Å². The quantitative estimate of drug-likeness (QED) is 0.756. The summed E-state index contributed by atoms with van der Waals surface area (Å²) >= 11 is 1.72. The molecule has 0 bridgehead atoms. The van der Waals surface area contributed by atoms with Crippen LogP contribution in [0.3, 0.4) is 0 Å². The summed E-state index contributed by atoms with van der Waals surface area (Å²) in [5.74, 6) is 0. The first-order valence-corrected chi connectivity index (χ1v) is 9.12. The zero-order chi connectivity index (χ0) is 16.2. The van der Waals surface area contributed by atoms with E-state index in [1.807, 2.05) is 24.5 Å². The fourth-order valence-corrected chi connectivity index (χ4v) is 3.96. The first kappa shape index (κ1) is 18.0. The molecule has 0 spiro atoms. The molecule has 1 N–H and O–H groups in total. The van der Waals surface area contributed by atoms with Gasteiger partial charge < -0.3 is 5.32 Å².